The van der Waals surface area contributed by atoms with Crippen LogP contribution in [-0.2, 0) is 0 Å². The van der Waals surface area contributed by atoms with Crippen molar-refractivity contribution < 1.29 is 20.4 Å². The van der Waals surface area contributed by atoms with Gasteiger partial charge in [-0.05, 0) is 41.5 Å². The topological polar surface area (TPSA) is 87.4 Å². The Labute approximate surface area is 135 Å². The lowest BCUT2D eigenvalue weighted by Crippen LogP contribution is -2.56. The number of nitrogens with zero attached hydrogens (tertiary/aromatic N) is 2. The van der Waals surface area contributed by atoms with E-state index in [1.54, 1.807) is 27.7 Å². The molecule has 0 aromatic heterocycles. The molecule has 4 unspecified atom stereocenters. The van der Waals surface area contributed by atoms with Crippen molar-refractivity contribution in [3.8, 4) is 0 Å². The highest BCUT2D eigenvalue weighted by atomic mass is 16.3. The van der Waals surface area contributed by atoms with Gasteiger partial charge in [-0.2, -0.15) is 0 Å². The highest BCUT2D eigenvalue weighted by Crippen LogP contribution is 2.18. The van der Waals surface area contributed by atoms with Gasteiger partial charge in [0.15, 0.2) is 0 Å². The molecule has 0 aliphatic rings. The van der Waals surface area contributed by atoms with Gasteiger partial charge in [-0.25, -0.2) is 0 Å². The van der Waals surface area contributed by atoms with Gasteiger partial charge in [0.05, 0.1) is 24.4 Å². The van der Waals surface area contributed by atoms with E-state index in [9.17, 15) is 20.4 Å². The minimum Gasteiger partial charge on any atom is -0.392 e. The molecule has 0 spiro atoms. The molecule has 0 rings (SSSR count). The van der Waals surface area contributed by atoms with Crippen molar-refractivity contribution in [2.75, 3.05) is 32.7 Å². The monoisotopic (exact) mass is 320 g/mol. The van der Waals surface area contributed by atoms with Crippen LogP contribution < -0.4 is 0 Å². The lowest BCUT2D eigenvalue weighted by Gasteiger charge is -2.43. The molecular weight excluding hydrogens is 284 g/mol. The molecule has 0 saturated heterocycles. The third kappa shape index (κ3) is 9.71. The molecule has 6 heteroatoms. The SMILES string of the molecule is CC(O)CN(CC(C)O)CC(C)(C)N(CC(C)O)CC(C)O. The van der Waals surface area contributed by atoms with Gasteiger partial charge < -0.3 is 20.4 Å². The largest absolute Gasteiger partial charge is 0.392 e. The van der Waals surface area contributed by atoms with Crippen LogP contribution in [0.1, 0.15) is 41.5 Å². The molecule has 4 N–H and O–H groups in total. The molecule has 0 saturated carbocycles. The summed E-state index contributed by atoms with van der Waals surface area (Å²) in [5.74, 6) is 0. The molecule has 0 aromatic rings. The molecule has 134 valence electrons. The second-order valence-corrected chi connectivity index (χ2v) is 7.31. The van der Waals surface area contributed by atoms with Gasteiger partial charge in [0.1, 0.15) is 0 Å². The van der Waals surface area contributed by atoms with E-state index in [1.807, 2.05) is 4.90 Å². The van der Waals surface area contributed by atoms with E-state index in [-0.39, 0.29) is 5.54 Å². The minimum absolute atomic E-state index is 0.308. The van der Waals surface area contributed by atoms with Crippen LogP contribution in [0.15, 0.2) is 0 Å². The molecular formula is C16H36N2O4. The first-order chi connectivity index (χ1) is 9.94. The average Bonchev–Trinajstić information content (AvgIpc) is 2.23. The molecule has 0 amide bonds. The van der Waals surface area contributed by atoms with E-state index in [1.165, 1.54) is 0 Å². The fraction of sp³-hybridized carbons (Fsp3) is 1.00. The van der Waals surface area contributed by atoms with E-state index in [0.29, 0.717) is 32.7 Å². The summed E-state index contributed by atoms with van der Waals surface area (Å²) in [7, 11) is 0. The second-order valence-electron chi connectivity index (χ2n) is 7.31. The Kier molecular flexibility index (Phi) is 9.69. The maximum absolute atomic E-state index is 9.71. The van der Waals surface area contributed by atoms with Crippen molar-refractivity contribution in [1.82, 2.24) is 9.80 Å². The highest BCUT2D eigenvalue weighted by Gasteiger charge is 2.31. The predicted molar refractivity (Wildman–Crippen MR) is 88.8 cm³/mol. The zero-order valence-corrected chi connectivity index (χ0v) is 15.0. The molecule has 6 nitrogen and oxygen atoms in total. The summed E-state index contributed by atoms with van der Waals surface area (Å²) in [6.07, 6.45) is -1.92. The van der Waals surface area contributed by atoms with Gasteiger partial charge in [-0.1, -0.05) is 0 Å². The molecule has 0 radical (unpaired) electrons. The molecule has 0 aromatic carbocycles. The highest BCUT2D eigenvalue weighted by molar-refractivity contribution is 4.87. The Bertz CT molecular complexity index is 274. The Morgan fingerprint density at radius 3 is 1.27 bits per heavy atom. The van der Waals surface area contributed by atoms with Crippen LogP contribution in [0.2, 0.25) is 0 Å². The van der Waals surface area contributed by atoms with Crippen molar-refractivity contribution in [1.29, 1.82) is 0 Å². The van der Waals surface area contributed by atoms with Crippen LogP contribution in [-0.4, -0.2) is 92.9 Å². The summed E-state index contributed by atoms with van der Waals surface area (Å²) in [4.78, 5) is 4.08. The van der Waals surface area contributed by atoms with Crippen molar-refractivity contribution in [3.63, 3.8) is 0 Å². The van der Waals surface area contributed by atoms with Gasteiger partial charge in [0, 0.05) is 38.3 Å². The first kappa shape index (κ1) is 21.8. The van der Waals surface area contributed by atoms with Crippen LogP contribution >= 0.6 is 0 Å². The van der Waals surface area contributed by atoms with Gasteiger partial charge in [0.25, 0.3) is 0 Å². The summed E-state index contributed by atoms with van der Waals surface area (Å²) in [5.41, 5.74) is -0.308. The smallest absolute Gasteiger partial charge is 0.0639 e. The summed E-state index contributed by atoms with van der Waals surface area (Å²) >= 11 is 0. The van der Waals surface area contributed by atoms with Crippen LogP contribution in [0.25, 0.3) is 0 Å². The first-order valence-corrected chi connectivity index (χ1v) is 8.13. The Morgan fingerprint density at radius 1 is 0.682 bits per heavy atom. The second kappa shape index (κ2) is 9.80. The number of aliphatic hydroxyl groups is 4. The van der Waals surface area contributed by atoms with E-state index in [0.717, 1.165) is 0 Å². The molecule has 4 atom stereocenters. The molecule has 0 aliphatic carbocycles. The van der Waals surface area contributed by atoms with Crippen LogP contribution in [0.4, 0.5) is 0 Å². The van der Waals surface area contributed by atoms with Gasteiger partial charge in [0.2, 0.25) is 0 Å². The zero-order valence-electron chi connectivity index (χ0n) is 15.0. The number of β-amino-alcohol motifs (C(OH)–C–C–N with tert-alkyl or cyclic N) is 2. The molecule has 0 bridgehead atoms. The maximum atomic E-state index is 9.71. The summed E-state index contributed by atoms with van der Waals surface area (Å²) in [5, 5.41) is 38.7. The predicted octanol–water partition coefficient (Wildman–Crippen LogP) is -0.108. The molecule has 22 heavy (non-hydrogen) atoms. The van der Waals surface area contributed by atoms with Crippen LogP contribution in [0.3, 0.4) is 0 Å². The lowest BCUT2D eigenvalue weighted by atomic mass is 9.99. The van der Waals surface area contributed by atoms with Gasteiger partial charge in [-0.15, -0.1) is 0 Å². The van der Waals surface area contributed by atoms with Crippen molar-refractivity contribution in [2.24, 2.45) is 0 Å². The molecule has 0 aliphatic heterocycles. The number of hydrogen-bond acceptors (Lipinski definition) is 6. The maximum Gasteiger partial charge on any atom is 0.0639 e. The number of hydrogen-bond donors (Lipinski definition) is 4. The number of rotatable bonds is 11. The van der Waals surface area contributed by atoms with Crippen LogP contribution in [0.5, 0.6) is 0 Å². The number of aliphatic hydroxyl groups excluding tert-OH is 4. The van der Waals surface area contributed by atoms with Crippen molar-refractivity contribution in [3.05, 3.63) is 0 Å². The Morgan fingerprint density at radius 2 is 1.00 bits per heavy atom. The van der Waals surface area contributed by atoms with Crippen LogP contribution in [0, 0.1) is 0 Å². The van der Waals surface area contributed by atoms with Gasteiger partial charge in [-0.3, -0.25) is 9.80 Å². The molecule has 0 fully saturated rings. The summed E-state index contributed by atoms with van der Waals surface area (Å²) < 4.78 is 0. The van der Waals surface area contributed by atoms with Crippen molar-refractivity contribution in [2.45, 2.75) is 71.5 Å². The Balaban J connectivity index is 4.99. The fourth-order valence-corrected chi connectivity index (χ4v) is 2.80. The Hall–Kier alpha value is -0.240. The van der Waals surface area contributed by atoms with E-state index in [4.69, 9.17) is 0 Å². The van der Waals surface area contributed by atoms with E-state index >= 15 is 0 Å². The normalized spacial score (nSPS) is 18.5. The zero-order chi connectivity index (χ0) is 17.5. The third-order valence-corrected chi connectivity index (χ3v) is 3.48. The van der Waals surface area contributed by atoms with Crippen molar-refractivity contribution >= 4 is 0 Å². The van der Waals surface area contributed by atoms with E-state index < -0.39 is 24.4 Å². The lowest BCUT2D eigenvalue weighted by molar-refractivity contribution is -0.00743. The van der Waals surface area contributed by atoms with Gasteiger partial charge >= 0.3 is 0 Å². The minimum atomic E-state index is -0.486. The first-order valence-electron chi connectivity index (χ1n) is 8.13. The standard InChI is InChI=1S/C16H36N2O4/c1-12(19)7-17(8-13(2)20)11-16(5,6)18(9-14(3)21)10-15(4)22/h12-15,19-22H,7-11H2,1-6H3. The van der Waals surface area contributed by atoms with E-state index in [2.05, 4.69) is 18.7 Å². The molecule has 0 heterocycles. The quantitative estimate of drug-likeness (QED) is 0.425. The fourth-order valence-electron chi connectivity index (χ4n) is 2.80. The average molecular weight is 320 g/mol. The summed E-state index contributed by atoms with van der Waals surface area (Å²) in [6, 6.07) is 0. The third-order valence-electron chi connectivity index (χ3n) is 3.48. The summed E-state index contributed by atoms with van der Waals surface area (Å²) in [6.45, 7) is 13.5.